The van der Waals surface area contributed by atoms with Crippen LogP contribution in [0, 0.1) is 0 Å². The zero-order chi connectivity index (χ0) is 19.0. The first-order valence-corrected chi connectivity index (χ1v) is 9.36. The van der Waals surface area contributed by atoms with Crippen LogP contribution in [0.15, 0.2) is 34.0 Å². The standard InChI is InChI=1S/C13H8BrClF3N3O3S/c1-25(23,24)12-19-5-8(14)10(21-12)11(22)20-6-2-3-9(15)7(4-6)13(16,17)18/h2-5H,1H3,(H,20,22). The van der Waals surface area contributed by atoms with Crippen LogP contribution in [0.3, 0.4) is 0 Å². The Morgan fingerprint density at radius 3 is 2.52 bits per heavy atom. The fourth-order valence-corrected chi connectivity index (χ4v) is 2.80. The van der Waals surface area contributed by atoms with Crippen molar-refractivity contribution in [1.82, 2.24) is 9.97 Å². The molecule has 0 saturated carbocycles. The lowest BCUT2D eigenvalue weighted by atomic mass is 10.2. The molecule has 12 heteroatoms. The summed E-state index contributed by atoms with van der Waals surface area (Å²) in [6.07, 6.45) is -2.79. The summed E-state index contributed by atoms with van der Waals surface area (Å²) in [6.45, 7) is 0. The molecule has 0 atom stereocenters. The summed E-state index contributed by atoms with van der Waals surface area (Å²) >= 11 is 8.49. The number of anilines is 1. The Morgan fingerprint density at radius 1 is 1.32 bits per heavy atom. The van der Waals surface area contributed by atoms with E-state index in [9.17, 15) is 26.4 Å². The highest BCUT2D eigenvalue weighted by Crippen LogP contribution is 2.36. The molecule has 0 aliphatic heterocycles. The van der Waals surface area contributed by atoms with Gasteiger partial charge in [-0.1, -0.05) is 11.6 Å². The summed E-state index contributed by atoms with van der Waals surface area (Å²) in [7, 11) is -3.77. The van der Waals surface area contributed by atoms with Crippen LogP contribution in [0.1, 0.15) is 16.1 Å². The summed E-state index contributed by atoms with van der Waals surface area (Å²) in [6, 6.07) is 2.81. The van der Waals surface area contributed by atoms with Crippen molar-refractivity contribution >= 4 is 49.0 Å². The van der Waals surface area contributed by atoms with Crippen molar-refractivity contribution in [2.24, 2.45) is 0 Å². The molecule has 0 fully saturated rings. The average molecular weight is 459 g/mol. The molecule has 0 aliphatic carbocycles. The molecule has 134 valence electrons. The normalized spacial score (nSPS) is 12.1. The number of hydrogen-bond donors (Lipinski definition) is 1. The Labute approximate surface area is 153 Å². The number of alkyl halides is 3. The predicted octanol–water partition coefficient (Wildman–Crippen LogP) is 3.57. The molecule has 0 saturated heterocycles. The van der Waals surface area contributed by atoms with Gasteiger partial charge in [0.05, 0.1) is 15.1 Å². The minimum atomic E-state index is -4.70. The quantitative estimate of drug-likeness (QED) is 0.711. The maximum Gasteiger partial charge on any atom is 0.417 e. The number of benzene rings is 1. The zero-order valence-electron chi connectivity index (χ0n) is 12.2. The smallest absolute Gasteiger partial charge is 0.321 e. The van der Waals surface area contributed by atoms with Crippen LogP contribution in [-0.2, 0) is 16.0 Å². The second-order valence-electron chi connectivity index (χ2n) is 4.77. The van der Waals surface area contributed by atoms with Crippen LogP contribution in [-0.4, -0.2) is 30.5 Å². The Morgan fingerprint density at radius 2 is 1.96 bits per heavy atom. The lowest BCUT2D eigenvalue weighted by Gasteiger charge is -2.12. The van der Waals surface area contributed by atoms with E-state index >= 15 is 0 Å². The first kappa shape index (κ1) is 19.6. The second-order valence-corrected chi connectivity index (χ2v) is 7.94. The maximum atomic E-state index is 12.8. The highest BCUT2D eigenvalue weighted by atomic mass is 79.9. The minimum absolute atomic E-state index is 0.0717. The van der Waals surface area contributed by atoms with E-state index in [2.05, 4.69) is 31.2 Å². The predicted molar refractivity (Wildman–Crippen MR) is 87.2 cm³/mol. The summed E-state index contributed by atoms with van der Waals surface area (Å²) < 4.78 is 61.5. The lowest BCUT2D eigenvalue weighted by molar-refractivity contribution is -0.137. The number of nitrogens with one attached hydrogen (secondary N) is 1. The molecule has 0 aliphatic rings. The maximum absolute atomic E-state index is 12.8. The van der Waals surface area contributed by atoms with Gasteiger partial charge in [-0.3, -0.25) is 4.79 Å². The third-order valence-electron chi connectivity index (χ3n) is 2.80. The van der Waals surface area contributed by atoms with Crippen LogP contribution >= 0.6 is 27.5 Å². The number of sulfone groups is 1. The van der Waals surface area contributed by atoms with Crippen molar-refractivity contribution < 1.29 is 26.4 Å². The molecule has 0 unspecified atom stereocenters. The van der Waals surface area contributed by atoms with Crippen molar-refractivity contribution in [1.29, 1.82) is 0 Å². The molecule has 0 bridgehead atoms. The summed E-state index contributed by atoms with van der Waals surface area (Å²) in [5.41, 5.74) is -1.65. The van der Waals surface area contributed by atoms with Gasteiger partial charge in [-0.25, -0.2) is 18.4 Å². The molecule has 0 spiro atoms. The van der Waals surface area contributed by atoms with Crippen LogP contribution in [0.2, 0.25) is 5.02 Å². The molecular weight excluding hydrogens is 451 g/mol. The van der Waals surface area contributed by atoms with E-state index in [1.807, 2.05) is 0 Å². The van der Waals surface area contributed by atoms with Gasteiger partial charge in [-0.05, 0) is 34.1 Å². The van der Waals surface area contributed by atoms with Gasteiger partial charge in [-0.2, -0.15) is 13.2 Å². The SMILES string of the molecule is CS(=O)(=O)c1ncc(Br)c(C(=O)Nc2ccc(Cl)c(C(F)(F)F)c2)n1. The van der Waals surface area contributed by atoms with Gasteiger partial charge in [0, 0.05) is 18.1 Å². The Kier molecular flexibility index (Phi) is 5.40. The lowest BCUT2D eigenvalue weighted by Crippen LogP contribution is -2.18. The van der Waals surface area contributed by atoms with E-state index in [4.69, 9.17) is 11.6 Å². The van der Waals surface area contributed by atoms with Crippen molar-refractivity contribution in [3.63, 3.8) is 0 Å². The van der Waals surface area contributed by atoms with Gasteiger partial charge in [0.25, 0.3) is 5.91 Å². The zero-order valence-corrected chi connectivity index (χ0v) is 15.4. The number of amides is 1. The van der Waals surface area contributed by atoms with Crippen molar-refractivity contribution in [3.05, 3.63) is 45.1 Å². The fourth-order valence-electron chi connectivity index (χ4n) is 1.70. The van der Waals surface area contributed by atoms with Gasteiger partial charge in [0.2, 0.25) is 15.0 Å². The highest BCUT2D eigenvalue weighted by Gasteiger charge is 2.33. The molecule has 2 aromatic rings. The van der Waals surface area contributed by atoms with Crippen molar-refractivity contribution in [3.8, 4) is 0 Å². The van der Waals surface area contributed by atoms with Gasteiger partial charge in [0.1, 0.15) is 5.69 Å². The van der Waals surface area contributed by atoms with Gasteiger partial charge in [-0.15, -0.1) is 0 Å². The summed E-state index contributed by atoms with van der Waals surface area (Å²) in [5.74, 6) is -0.922. The minimum Gasteiger partial charge on any atom is -0.321 e. The number of hydrogen-bond acceptors (Lipinski definition) is 5. The third-order valence-corrected chi connectivity index (χ3v) is 4.57. The van der Waals surface area contributed by atoms with E-state index in [-0.39, 0.29) is 15.9 Å². The largest absolute Gasteiger partial charge is 0.417 e. The molecule has 6 nitrogen and oxygen atoms in total. The Hall–Kier alpha value is -1.72. The highest BCUT2D eigenvalue weighted by molar-refractivity contribution is 9.10. The van der Waals surface area contributed by atoms with Gasteiger partial charge >= 0.3 is 6.18 Å². The fraction of sp³-hybridized carbons (Fsp3) is 0.154. The Bertz CT molecular complexity index is 951. The topological polar surface area (TPSA) is 89.0 Å². The number of halogens is 5. The second kappa shape index (κ2) is 6.89. The third kappa shape index (κ3) is 4.67. The van der Waals surface area contributed by atoms with Gasteiger partial charge in [0.15, 0.2) is 0 Å². The van der Waals surface area contributed by atoms with Crippen molar-refractivity contribution in [2.75, 3.05) is 11.6 Å². The van der Waals surface area contributed by atoms with Crippen LogP contribution in [0.25, 0.3) is 0 Å². The molecular formula is C13H8BrClF3N3O3S. The first-order chi connectivity index (χ1) is 11.4. The van der Waals surface area contributed by atoms with E-state index in [1.54, 1.807) is 0 Å². The average Bonchev–Trinajstić information content (AvgIpc) is 2.47. The molecule has 25 heavy (non-hydrogen) atoms. The number of nitrogens with zero attached hydrogens (tertiary/aromatic N) is 2. The summed E-state index contributed by atoms with van der Waals surface area (Å²) in [4.78, 5) is 19.4. The molecule has 1 heterocycles. The monoisotopic (exact) mass is 457 g/mol. The van der Waals surface area contributed by atoms with E-state index in [0.717, 1.165) is 18.5 Å². The van der Waals surface area contributed by atoms with E-state index < -0.39 is 37.7 Å². The number of rotatable bonds is 3. The Balaban J connectivity index is 2.38. The molecule has 1 aromatic carbocycles. The molecule has 2 rings (SSSR count). The number of aromatic nitrogens is 2. The summed E-state index contributed by atoms with van der Waals surface area (Å²) in [5, 5.41) is 1.09. The van der Waals surface area contributed by atoms with Crippen LogP contribution < -0.4 is 5.32 Å². The first-order valence-electron chi connectivity index (χ1n) is 6.30. The van der Waals surface area contributed by atoms with E-state index in [0.29, 0.717) is 6.07 Å². The number of carbonyl (C=O) groups excluding carboxylic acids is 1. The molecule has 1 amide bonds. The van der Waals surface area contributed by atoms with E-state index in [1.165, 1.54) is 6.07 Å². The molecule has 1 N–H and O–H groups in total. The van der Waals surface area contributed by atoms with Gasteiger partial charge < -0.3 is 5.32 Å². The van der Waals surface area contributed by atoms with Crippen molar-refractivity contribution in [2.45, 2.75) is 11.3 Å². The number of carbonyl (C=O) groups is 1. The molecule has 1 aromatic heterocycles. The van der Waals surface area contributed by atoms with Crippen LogP contribution in [0.4, 0.5) is 18.9 Å². The molecule has 0 radical (unpaired) electrons. The van der Waals surface area contributed by atoms with Crippen LogP contribution in [0.5, 0.6) is 0 Å².